The van der Waals surface area contributed by atoms with Crippen LogP contribution in [0.25, 0.3) is 0 Å². The normalized spacial score (nSPS) is 22.4. The van der Waals surface area contributed by atoms with Crippen LogP contribution in [0.4, 0.5) is 4.39 Å². The number of rotatable bonds is 8. The number of halogens is 1. The molecule has 0 aliphatic heterocycles. The highest BCUT2D eigenvalue weighted by Gasteiger charge is 2.31. The zero-order chi connectivity index (χ0) is 16.8. The number of allylic oxidation sites excluding steroid dienone is 7. The minimum Gasteiger partial charge on any atom is -0.245 e. The van der Waals surface area contributed by atoms with E-state index in [1.54, 1.807) is 13.8 Å². The zero-order valence-electron chi connectivity index (χ0n) is 15.0. The Morgan fingerprint density at radius 3 is 2.41 bits per heavy atom. The molecule has 0 saturated carbocycles. The molecule has 1 rings (SSSR count). The van der Waals surface area contributed by atoms with E-state index < -0.39 is 5.67 Å². The Morgan fingerprint density at radius 1 is 1.23 bits per heavy atom. The number of alkyl halides is 1. The van der Waals surface area contributed by atoms with Gasteiger partial charge in [-0.3, -0.25) is 0 Å². The van der Waals surface area contributed by atoms with Gasteiger partial charge >= 0.3 is 0 Å². The van der Waals surface area contributed by atoms with Gasteiger partial charge in [-0.25, -0.2) is 4.39 Å². The summed E-state index contributed by atoms with van der Waals surface area (Å²) in [5, 5.41) is 0. The van der Waals surface area contributed by atoms with Gasteiger partial charge in [0.05, 0.1) is 0 Å². The average Bonchev–Trinajstić information content (AvgIpc) is 2.42. The van der Waals surface area contributed by atoms with Gasteiger partial charge in [-0.05, 0) is 51.5 Å². The summed E-state index contributed by atoms with van der Waals surface area (Å²) in [4.78, 5) is 0. The van der Waals surface area contributed by atoms with Gasteiger partial charge in [0.1, 0.15) is 5.67 Å². The molecule has 0 aromatic rings. The van der Waals surface area contributed by atoms with E-state index >= 15 is 0 Å². The summed E-state index contributed by atoms with van der Waals surface area (Å²) >= 11 is 0. The number of hydrogen-bond donors (Lipinski definition) is 0. The Balaban J connectivity index is 2.77. The Kier molecular flexibility index (Phi) is 6.84. The van der Waals surface area contributed by atoms with Crippen molar-refractivity contribution in [3.63, 3.8) is 0 Å². The van der Waals surface area contributed by atoms with E-state index in [1.165, 1.54) is 11.1 Å². The zero-order valence-corrected chi connectivity index (χ0v) is 15.0. The maximum atomic E-state index is 13.6. The van der Waals surface area contributed by atoms with Gasteiger partial charge in [0.25, 0.3) is 0 Å². The van der Waals surface area contributed by atoms with E-state index in [0.29, 0.717) is 12.3 Å². The molecule has 22 heavy (non-hydrogen) atoms. The smallest absolute Gasteiger partial charge is 0.105 e. The summed E-state index contributed by atoms with van der Waals surface area (Å²) in [6, 6.07) is 0. The van der Waals surface area contributed by atoms with Crippen LogP contribution in [0.5, 0.6) is 0 Å². The van der Waals surface area contributed by atoms with Crippen LogP contribution in [-0.4, -0.2) is 5.67 Å². The molecule has 0 amide bonds. The lowest BCUT2D eigenvalue weighted by atomic mass is 9.69. The maximum Gasteiger partial charge on any atom is 0.105 e. The van der Waals surface area contributed by atoms with Gasteiger partial charge < -0.3 is 0 Å². The first-order chi connectivity index (χ1) is 10.2. The number of hydrogen-bond acceptors (Lipinski definition) is 0. The predicted octanol–water partition coefficient (Wildman–Crippen LogP) is 6.77. The van der Waals surface area contributed by atoms with Crippen molar-refractivity contribution in [2.24, 2.45) is 11.3 Å². The molecule has 0 aromatic carbocycles. The molecule has 1 aliphatic rings. The minimum absolute atomic E-state index is 0.106. The third kappa shape index (κ3) is 5.94. The van der Waals surface area contributed by atoms with Crippen LogP contribution >= 0.6 is 0 Å². The first-order valence-corrected chi connectivity index (χ1v) is 8.44. The Bertz CT molecular complexity index is 457. The lowest BCUT2D eigenvalue weighted by molar-refractivity contribution is 0.194. The molecule has 1 unspecified atom stereocenters. The standard InChI is InChI=1S/C21H32F/c1-17(2)16-18(3)19(4)21(13-8-7-9-14-21)15-11-10-12-20(5,6)22/h7-9,13-14,16-17H,4,10-12,15H2,1-3,5-6H3/b18-16+. The van der Waals surface area contributed by atoms with Crippen LogP contribution in [0.3, 0.4) is 0 Å². The fourth-order valence-corrected chi connectivity index (χ4v) is 3.02. The van der Waals surface area contributed by atoms with Crippen LogP contribution in [0.15, 0.2) is 48.1 Å². The molecular weight excluding hydrogens is 271 g/mol. The molecule has 0 N–H and O–H groups in total. The fourth-order valence-electron chi connectivity index (χ4n) is 3.02. The Morgan fingerprint density at radius 2 is 1.91 bits per heavy atom. The summed E-state index contributed by atoms with van der Waals surface area (Å²) in [5.41, 5.74) is 1.26. The van der Waals surface area contributed by atoms with Gasteiger partial charge in [0.15, 0.2) is 0 Å². The van der Waals surface area contributed by atoms with Gasteiger partial charge in [-0.2, -0.15) is 0 Å². The first-order valence-electron chi connectivity index (χ1n) is 8.44. The molecule has 123 valence electrons. The molecular formula is C21H32F. The molecule has 1 atom stereocenters. The molecule has 0 saturated heterocycles. The van der Waals surface area contributed by atoms with Gasteiger partial charge in [-0.15, -0.1) is 0 Å². The van der Waals surface area contributed by atoms with Gasteiger partial charge in [0.2, 0.25) is 0 Å². The monoisotopic (exact) mass is 303 g/mol. The van der Waals surface area contributed by atoms with Gasteiger partial charge in [0, 0.05) is 5.41 Å². The molecule has 0 heterocycles. The highest BCUT2D eigenvalue weighted by molar-refractivity contribution is 5.44. The van der Waals surface area contributed by atoms with Crippen molar-refractivity contribution in [2.45, 2.75) is 66.0 Å². The van der Waals surface area contributed by atoms with E-state index in [-0.39, 0.29) is 5.41 Å². The Hall–Kier alpha value is -1.11. The molecule has 0 fully saturated rings. The van der Waals surface area contributed by atoms with Crippen molar-refractivity contribution in [3.05, 3.63) is 54.5 Å². The average molecular weight is 303 g/mol. The van der Waals surface area contributed by atoms with Crippen molar-refractivity contribution < 1.29 is 4.39 Å². The Labute approximate surface area is 136 Å². The summed E-state index contributed by atoms with van der Waals surface area (Å²) in [6.07, 6.45) is 16.6. The van der Waals surface area contributed by atoms with Crippen LogP contribution in [-0.2, 0) is 0 Å². The molecule has 1 heteroatoms. The molecule has 1 aliphatic carbocycles. The summed E-state index contributed by atoms with van der Waals surface area (Å²) in [6.45, 7) is 14.2. The van der Waals surface area contributed by atoms with E-state index in [4.69, 9.17) is 0 Å². The third-order valence-electron chi connectivity index (χ3n) is 4.24. The van der Waals surface area contributed by atoms with E-state index in [0.717, 1.165) is 19.3 Å². The lowest BCUT2D eigenvalue weighted by Crippen LogP contribution is -2.23. The minimum atomic E-state index is -1.07. The van der Waals surface area contributed by atoms with Crippen LogP contribution in [0.1, 0.15) is 60.3 Å². The van der Waals surface area contributed by atoms with Crippen molar-refractivity contribution in [3.8, 4) is 0 Å². The predicted molar refractivity (Wildman–Crippen MR) is 96.4 cm³/mol. The van der Waals surface area contributed by atoms with Crippen molar-refractivity contribution in [1.29, 1.82) is 0 Å². The fraction of sp³-hybridized carbons (Fsp3) is 0.571. The second-order valence-corrected chi connectivity index (χ2v) is 7.45. The van der Waals surface area contributed by atoms with E-state index in [2.05, 4.69) is 64.2 Å². The second kappa shape index (κ2) is 7.94. The van der Waals surface area contributed by atoms with Crippen molar-refractivity contribution in [2.75, 3.05) is 0 Å². The molecule has 0 aromatic heterocycles. The van der Waals surface area contributed by atoms with Crippen LogP contribution < -0.4 is 0 Å². The summed E-state index contributed by atoms with van der Waals surface area (Å²) in [5.74, 6) is 0.518. The molecule has 0 bridgehead atoms. The van der Waals surface area contributed by atoms with Crippen LogP contribution in [0, 0.1) is 17.8 Å². The third-order valence-corrected chi connectivity index (χ3v) is 4.24. The molecule has 0 spiro atoms. The molecule has 1 radical (unpaired) electrons. The molecule has 0 nitrogen and oxygen atoms in total. The second-order valence-electron chi connectivity index (χ2n) is 7.45. The SMILES string of the molecule is C=C(/C(C)=C/C(C)C)C1(CCCCC(C)(C)F)[CH]C=CC=C1. The van der Waals surface area contributed by atoms with Crippen LogP contribution in [0.2, 0.25) is 0 Å². The van der Waals surface area contributed by atoms with Crippen molar-refractivity contribution in [1.82, 2.24) is 0 Å². The first kappa shape index (κ1) is 18.9. The quantitative estimate of drug-likeness (QED) is 0.343. The summed E-state index contributed by atoms with van der Waals surface area (Å²) in [7, 11) is 0. The number of unbranched alkanes of at least 4 members (excludes halogenated alkanes) is 1. The maximum absolute atomic E-state index is 13.6. The summed E-state index contributed by atoms with van der Waals surface area (Å²) < 4.78 is 13.6. The largest absolute Gasteiger partial charge is 0.245 e. The highest BCUT2D eigenvalue weighted by Crippen LogP contribution is 2.43. The van der Waals surface area contributed by atoms with E-state index in [9.17, 15) is 4.39 Å². The van der Waals surface area contributed by atoms with Gasteiger partial charge in [-0.1, -0.05) is 69.2 Å². The van der Waals surface area contributed by atoms with E-state index in [1.807, 2.05) is 0 Å². The van der Waals surface area contributed by atoms with Crippen molar-refractivity contribution >= 4 is 0 Å². The highest BCUT2D eigenvalue weighted by atomic mass is 19.1. The topological polar surface area (TPSA) is 0 Å². The lowest BCUT2D eigenvalue weighted by Gasteiger charge is -2.34.